The molecule has 0 radical (unpaired) electrons. The molecule has 2 N–H and O–H groups in total. The first-order chi connectivity index (χ1) is 8.49. The molecule has 1 unspecified atom stereocenters. The molecule has 1 aromatic heterocycles. The molecule has 1 rings (SSSR count). The van der Waals surface area contributed by atoms with Gasteiger partial charge in [-0.15, -0.1) is 0 Å². The smallest absolute Gasteiger partial charge is 0.311 e. The number of aliphatic hydroxyl groups is 1. The number of anilines is 1. The number of ether oxygens (including phenoxy) is 1. The van der Waals surface area contributed by atoms with Gasteiger partial charge >= 0.3 is 5.69 Å². The molecule has 0 aromatic carbocycles. The van der Waals surface area contributed by atoms with Crippen molar-refractivity contribution in [2.75, 3.05) is 19.0 Å². The van der Waals surface area contributed by atoms with Gasteiger partial charge in [-0.25, -0.2) is 0 Å². The van der Waals surface area contributed by atoms with Crippen LogP contribution < -0.4 is 10.1 Å². The SMILES string of the molecule is COc1ccc([N+](=O)[O-])c(NC(CO)C(C)C)n1. The minimum Gasteiger partial charge on any atom is -0.481 e. The normalized spacial score (nSPS) is 12.3. The standard InChI is InChI=1S/C11H17N3O4/c1-7(2)8(6-15)12-11-9(14(16)17)4-5-10(13-11)18-3/h4-5,7-8,15H,6H2,1-3H3,(H,12,13). The molecule has 1 heterocycles. The van der Waals surface area contributed by atoms with Crippen LogP contribution in [0.4, 0.5) is 11.5 Å². The topological polar surface area (TPSA) is 97.5 Å². The third-order valence-corrected chi connectivity index (χ3v) is 2.58. The molecule has 1 aromatic rings. The summed E-state index contributed by atoms with van der Waals surface area (Å²) in [5.74, 6) is 0.498. The van der Waals surface area contributed by atoms with Gasteiger partial charge in [-0.3, -0.25) is 10.1 Å². The molecule has 7 heteroatoms. The number of pyridine rings is 1. The number of rotatable bonds is 6. The van der Waals surface area contributed by atoms with Gasteiger partial charge in [0.1, 0.15) is 0 Å². The van der Waals surface area contributed by atoms with E-state index in [-0.39, 0.29) is 36.0 Å². The maximum atomic E-state index is 10.9. The summed E-state index contributed by atoms with van der Waals surface area (Å²) in [5.41, 5.74) is -0.144. The van der Waals surface area contributed by atoms with Crippen LogP contribution in [0.1, 0.15) is 13.8 Å². The Morgan fingerprint density at radius 2 is 2.22 bits per heavy atom. The molecule has 100 valence electrons. The first-order valence-electron chi connectivity index (χ1n) is 5.56. The van der Waals surface area contributed by atoms with Crippen LogP contribution in [-0.4, -0.2) is 34.8 Å². The zero-order valence-corrected chi connectivity index (χ0v) is 10.6. The minimum atomic E-state index is -0.524. The maximum absolute atomic E-state index is 10.9. The molecule has 0 saturated heterocycles. The summed E-state index contributed by atoms with van der Waals surface area (Å²) in [6.07, 6.45) is 0. The first kappa shape index (κ1) is 14.2. The minimum absolute atomic E-state index is 0.104. The molecule has 0 fully saturated rings. The highest BCUT2D eigenvalue weighted by atomic mass is 16.6. The zero-order valence-electron chi connectivity index (χ0n) is 10.6. The van der Waals surface area contributed by atoms with Crippen molar-refractivity contribution in [3.05, 3.63) is 22.2 Å². The van der Waals surface area contributed by atoms with E-state index in [0.29, 0.717) is 0 Å². The van der Waals surface area contributed by atoms with E-state index in [1.165, 1.54) is 19.2 Å². The predicted molar refractivity (Wildman–Crippen MR) is 66.8 cm³/mol. The Labute approximate surface area is 105 Å². The fourth-order valence-electron chi connectivity index (χ4n) is 1.40. The number of nitrogens with zero attached hydrogens (tertiary/aromatic N) is 2. The summed E-state index contributed by atoms with van der Waals surface area (Å²) in [7, 11) is 1.43. The second-order valence-electron chi connectivity index (χ2n) is 4.16. The van der Waals surface area contributed by atoms with Crippen molar-refractivity contribution in [1.82, 2.24) is 4.98 Å². The van der Waals surface area contributed by atoms with Crippen LogP contribution in [0.15, 0.2) is 12.1 Å². The average molecular weight is 255 g/mol. The van der Waals surface area contributed by atoms with Gasteiger partial charge in [-0.05, 0) is 5.92 Å². The van der Waals surface area contributed by atoms with Gasteiger partial charge in [0.05, 0.1) is 24.7 Å². The lowest BCUT2D eigenvalue weighted by Crippen LogP contribution is -2.30. The van der Waals surface area contributed by atoms with Crippen molar-refractivity contribution in [2.24, 2.45) is 5.92 Å². The van der Waals surface area contributed by atoms with Crippen molar-refractivity contribution < 1.29 is 14.8 Å². The van der Waals surface area contributed by atoms with Gasteiger partial charge in [-0.1, -0.05) is 13.8 Å². The highest BCUT2D eigenvalue weighted by molar-refractivity contribution is 5.57. The number of aliphatic hydroxyl groups excluding tert-OH is 1. The van der Waals surface area contributed by atoms with Crippen molar-refractivity contribution in [2.45, 2.75) is 19.9 Å². The fraction of sp³-hybridized carbons (Fsp3) is 0.545. The Morgan fingerprint density at radius 3 is 2.67 bits per heavy atom. The molecule has 0 spiro atoms. The van der Waals surface area contributed by atoms with Crippen molar-refractivity contribution in [3.63, 3.8) is 0 Å². The van der Waals surface area contributed by atoms with Crippen LogP contribution in [0.25, 0.3) is 0 Å². The lowest BCUT2D eigenvalue weighted by Gasteiger charge is -2.20. The van der Waals surface area contributed by atoms with Crippen molar-refractivity contribution >= 4 is 11.5 Å². The Hall–Kier alpha value is -1.89. The molecule has 7 nitrogen and oxygen atoms in total. The molecule has 0 aliphatic heterocycles. The molecular weight excluding hydrogens is 238 g/mol. The molecule has 0 amide bonds. The molecule has 0 aliphatic carbocycles. The van der Waals surface area contributed by atoms with E-state index in [0.717, 1.165) is 0 Å². The quantitative estimate of drug-likeness (QED) is 0.589. The number of aromatic nitrogens is 1. The van der Waals surface area contributed by atoms with Crippen molar-refractivity contribution in [3.8, 4) is 5.88 Å². The van der Waals surface area contributed by atoms with Gasteiger partial charge in [-0.2, -0.15) is 4.98 Å². The number of methoxy groups -OCH3 is 1. The Balaban J connectivity index is 3.07. The highest BCUT2D eigenvalue weighted by Gasteiger charge is 2.21. The number of hydrogen-bond acceptors (Lipinski definition) is 6. The summed E-state index contributed by atoms with van der Waals surface area (Å²) in [4.78, 5) is 14.4. The fourth-order valence-corrected chi connectivity index (χ4v) is 1.40. The van der Waals surface area contributed by atoms with Gasteiger partial charge in [0.25, 0.3) is 0 Å². The van der Waals surface area contributed by atoms with E-state index >= 15 is 0 Å². The highest BCUT2D eigenvalue weighted by Crippen LogP contribution is 2.26. The van der Waals surface area contributed by atoms with E-state index in [9.17, 15) is 15.2 Å². The number of nitro groups is 1. The maximum Gasteiger partial charge on any atom is 0.311 e. The largest absolute Gasteiger partial charge is 0.481 e. The molecular formula is C11H17N3O4. The lowest BCUT2D eigenvalue weighted by molar-refractivity contribution is -0.384. The Kier molecular flexibility index (Phi) is 4.85. The van der Waals surface area contributed by atoms with Gasteiger partial charge in [0.15, 0.2) is 0 Å². The van der Waals surface area contributed by atoms with E-state index in [2.05, 4.69) is 10.3 Å². The second kappa shape index (κ2) is 6.15. The zero-order chi connectivity index (χ0) is 13.7. The molecule has 0 aliphatic rings. The van der Waals surface area contributed by atoms with E-state index < -0.39 is 4.92 Å². The molecule has 1 atom stereocenters. The first-order valence-corrected chi connectivity index (χ1v) is 5.56. The molecule has 0 bridgehead atoms. The number of hydrogen-bond donors (Lipinski definition) is 2. The monoisotopic (exact) mass is 255 g/mol. The van der Waals surface area contributed by atoms with Crippen LogP contribution in [0.2, 0.25) is 0 Å². The van der Waals surface area contributed by atoms with Crippen molar-refractivity contribution in [1.29, 1.82) is 0 Å². The summed E-state index contributed by atoms with van der Waals surface area (Å²) in [5, 5.41) is 23.0. The second-order valence-corrected chi connectivity index (χ2v) is 4.16. The lowest BCUT2D eigenvalue weighted by atomic mass is 10.1. The predicted octanol–water partition coefficient (Wildman–Crippen LogP) is 1.43. The van der Waals surface area contributed by atoms with Gasteiger partial charge in [0, 0.05) is 12.1 Å². The summed E-state index contributed by atoms with van der Waals surface area (Å²) >= 11 is 0. The van der Waals surface area contributed by atoms with Crippen LogP contribution in [0.5, 0.6) is 5.88 Å². The molecule has 18 heavy (non-hydrogen) atoms. The van der Waals surface area contributed by atoms with Crippen LogP contribution >= 0.6 is 0 Å². The summed E-state index contributed by atoms with van der Waals surface area (Å²) in [6.45, 7) is 3.67. The number of nitrogens with one attached hydrogen (secondary N) is 1. The van der Waals surface area contributed by atoms with Crippen LogP contribution in [0, 0.1) is 16.0 Å². The third-order valence-electron chi connectivity index (χ3n) is 2.58. The van der Waals surface area contributed by atoms with Gasteiger partial charge < -0.3 is 15.2 Å². The summed E-state index contributed by atoms with van der Waals surface area (Å²) in [6, 6.07) is 2.44. The van der Waals surface area contributed by atoms with Crippen LogP contribution in [-0.2, 0) is 0 Å². The average Bonchev–Trinajstić information content (AvgIpc) is 2.34. The Bertz CT molecular complexity index is 423. The van der Waals surface area contributed by atoms with Crippen LogP contribution in [0.3, 0.4) is 0 Å². The third kappa shape index (κ3) is 3.30. The van der Waals surface area contributed by atoms with E-state index in [1.54, 1.807) is 0 Å². The Morgan fingerprint density at radius 1 is 1.56 bits per heavy atom. The summed E-state index contributed by atoms with van der Waals surface area (Å²) < 4.78 is 4.93. The van der Waals surface area contributed by atoms with Gasteiger partial charge in [0.2, 0.25) is 11.7 Å². The molecule has 0 saturated carbocycles. The van der Waals surface area contributed by atoms with E-state index in [1.807, 2.05) is 13.8 Å². The van der Waals surface area contributed by atoms with E-state index in [4.69, 9.17) is 4.74 Å².